The second kappa shape index (κ2) is 4.21. The van der Waals surface area contributed by atoms with E-state index in [4.69, 9.17) is 0 Å². The van der Waals surface area contributed by atoms with Gasteiger partial charge in [0.15, 0.2) is 0 Å². The summed E-state index contributed by atoms with van der Waals surface area (Å²) in [5, 5.41) is 0. The predicted molar refractivity (Wildman–Crippen MR) is 21.6 cm³/mol. The van der Waals surface area contributed by atoms with Gasteiger partial charge in [-0.15, -0.1) is 0 Å². The molecule has 0 aliphatic carbocycles. The van der Waals surface area contributed by atoms with Crippen LogP contribution in [0.2, 0.25) is 0 Å². The van der Waals surface area contributed by atoms with Gasteiger partial charge >= 0.3 is 0 Å². The van der Waals surface area contributed by atoms with E-state index in [-0.39, 0.29) is 0 Å². The van der Waals surface area contributed by atoms with E-state index >= 15 is 0 Å². The van der Waals surface area contributed by atoms with Crippen LogP contribution >= 0.6 is 0 Å². The van der Waals surface area contributed by atoms with Crippen molar-refractivity contribution in [1.82, 2.24) is 0 Å². The summed E-state index contributed by atoms with van der Waals surface area (Å²) in [5.41, 5.74) is 0. The van der Waals surface area contributed by atoms with Crippen molar-refractivity contribution in [1.29, 1.82) is 0 Å². The Morgan fingerprint density at radius 2 is 2.29 bits per heavy atom. The summed E-state index contributed by atoms with van der Waals surface area (Å²) in [7, 11) is 2.84. The van der Waals surface area contributed by atoms with Gasteiger partial charge in [-0.05, 0) is 0 Å². The van der Waals surface area contributed by atoms with Crippen LogP contribution in [0.3, 0.4) is 0 Å². The molecule has 36 valence electrons. The molecule has 0 N–H and O–H groups in total. The van der Waals surface area contributed by atoms with E-state index in [0.717, 1.165) is 6.08 Å². The van der Waals surface area contributed by atoms with Gasteiger partial charge in [0.25, 0.3) is 5.97 Å². The van der Waals surface area contributed by atoms with Crippen molar-refractivity contribution in [2.75, 3.05) is 0 Å². The Labute approximate surface area is 36.4 Å². The van der Waals surface area contributed by atoms with E-state index in [1.54, 1.807) is 0 Å². The summed E-state index contributed by atoms with van der Waals surface area (Å²) < 4.78 is 3.89. The fraction of sp³-hybridized carbons (Fsp3) is 0. The molecular weight excluding hydrogens is 347 g/mol. The zero-order valence-corrected chi connectivity index (χ0v) is 10.4. The molecule has 0 saturated heterocycles. The molecule has 0 aromatic heterocycles. The van der Waals surface area contributed by atoms with Gasteiger partial charge in [0.1, 0.15) is 0 Å². The predicted octanol–water partition coefficient (Wildman–Crippen LogP) is 0.507. The van der Waals surface area contributed by atoms with Crippen LogP contribution in [0.1, 0.15) is 0 Å². The van der Waals surface area contributed by atoms with Crippen LogP contribution in [0.4, 0.5) is 0 Å². The van der Waals surface area contributed by atoms with E-state index in [9.17, 15) is 4.79 Å². The van der Waals surface area contributed by atoms with Crippen LogP contribution in [0, 0.1) is 7.11 Å². The molecule has 0 bridgehead atoms. The maximum atomic E-state index is 9.78. The minimum atomic E-state index is -0.505. The van der Waals surface area contributed by atoms with Crippen molar-refractivity contribution in [2.24, 2.45) is 0 Å². The summed E-state index contributed by atoms with van der Waals surface area (Å²) >= 11 is 0. The first-order valence-electron chi connectivity index (χ1n) is 1.39. The summed E-state index contributed by atoms with van der Waals surface area (Å²) in [5.74, 6) is -0.505. The van der Waals surface area contributed by atoms with E-state index in [2.05, 4.69) is 18.4 Å². The van der Waals surface area contributed by atoms with E-state index < -0.39 is 5.97 Å². The van der Waals surface area contributed by atoms with Gasteiger partial charge in [-0.3, -0.25) is 0 Å². The molecule has 0 heterocycles. The van der Waals surface area contributed by atoms with Gasteiger partial charge in [-0.1, -0.05) is 6.58 Å². The molecule has 0 aliphatic rings. The van der Waals surface area contributed by atoms with Crippen molar-refractivity contribution < 1.29 is 9.53 Å². The van der Waals surface area contributed by atoms with Crippen molar-refractivity contribution in [3.8, 4) is 0 Å². The third-order valence-electron chi connectivity index (χ3n) is 0.309. The molecule has 0 atom stereocenters. The van der Waals surface area contributed by atoms with Crippen LogP contribution in [0.25, 0.3) is 0 Å². The Balaban J connectivity index is 0. The maximum absolute atomic E-state index is 9.78. The normalized spacial score (nSPS) is 5.86. The first-order valence-corrected chi connectivity index (χ1v) is 1.39. The molecule has 0 rings (SSSR count). The average Bonchev–Trinajstić information content (AvgIpc) is 1.65. The number of ether oxygens (including phenoxy) is 1. The van der Waals surface area contributed by atoms with Gasteiger partial charge in [0, 0.05) is 6.08 Å². The van der Waals surface area contributed by atoms with Crippen molar-refractivity contribution in [3.05, 3.63) is 19.8 Å². The number of hydrogen-bond acceptors (Lipinski definition) is 2. The fourth-order valence-electron chi connectivity index (χ4n) is 0.0589. The van der Waals surface area contributed by atoms with Gasteiger partial charge in [-0.2, -0.15) is 7.11 Å². The molecule has 0 unspecified atom stereocenters. The minimum Gasteiger partial charge on any atom is -0.637 e. The molecule has 0 aliphatic heterocycles. The van der Waals surface area contributed by atoms with Crippen LogP contribution in [-0.4, -0.2) is 5.97 Å². The Hall–Kier alpha value is -1.79. The monoisotopic (exact) mass is 352 g/mol. The number of carbonyl (C=O) groups is 1. The zero-order chi connectivity index (χ0) is 4.99. The molecule has 0 amide bonds. The molecule has 0 aromatic carbocycles. The van der Waals surface area contributed by atoms with Gasteiger partial charge < -0.3 is 4.74 Å². The second-order valence-electron chi connectivity index (χ2n) is 0.667. The molecule has 7 heavy (non-hydrogen) atoms. The van der Waals surface area contributed by atoms with E-state index in [1.807, 2.05) is 0 Å². The third kappa shape index (κ3) is 4.21. The fourth-order valence-corrected chi connectivity index (χ4v) is 0.0589. The number of carbonyl (C=O) groups excluding carboxylic acids is 1. The van der Waals surface area contributed by atoms with Gasteiger partial charge in [0.2, 0.25) is 0 Å². The van der Waals surface area contributed by atoms with Crippen LogP contribution in [-0.2, 0) is 9.53 Å². The zero-order valence-electron chi connectivity index (χ0n) is 4.02. The molecule has 2 nitrogen and oxygen atoms in total. The first kappa shape index (κ1) is 8.96. The van der Waals surface area contributed by atoms with Crippen molar-refractivity contribution in [3.63, 3.8) is 0 Å². The third-order valence-corrected chi connectivity index (χ3v) is 0.309. The Morgan fingerprint density at radius 3 is 2.29 bits per heavy atom. The van der Waals surface area contributed by atoms with Gasteiger partial charge in [-0.25, -0.2) is 4.79 Å². The number of rotatable bonds is 1. The van der Waals surface area contributed by atoms with Crippen LogP contribution in [0.15, 0.2) is 12.7 Å². The smallest absolute Gasteiger partial charge is 0.298 e. The molecular formula is C4H5O2Rf-. The minimum absolute atomic E-state index is 0. The molecule has 0 aromatic rings. The van der Waals surface area contributed by atoms with E-state index in [1.165, 1.54) is 0 Å². The summed E-state index contributed by atoms with van der Waals surface area (Å²) in [4.78, 5) is 9.78. The molecule has 3 heteroatoms. The molecule has 0 radical (unpaired) electrons. The second-order valence-corrected chi connectivity index (χ2v) is 0.667. The SMILES string of the molecule is C=CC(=O)O[CH2-].[Rf]. The summed E-state index contributed by atoms with van der Waals surface area (Å²) in [6.45, 7) is 3.12. The molecule has 0 saturated carbocycles. The van der Waals surface area contributed by atoms with Crippen molar-refractivity contribution in [2.45, 2.75) is 0 Å². The molecule has 0 fully saturated rings. The molecule has 0 spiro atoms. The number of esters is 1. The largest absolute Gasteiger partial charge is 0.637 e. The average molecular weight is 352 g/mol. The van der Waals surface area contributed by atoms with Gasteiger partial charge in [0.05, 0.1) is 0 Å². The Bertz CT molecular complexity index is 70.1. The standard InChI is InChI=1S/C4H5O2.Rf/c1-3-4(5)6-2;/h3H,1-2H2;/q-1;. The summed E-state index contributed by atoms with van der Waals surface area (Å²) in [6, 6.07) is 0. The van der Waals surface area contributed by atoms with E-state index in [0.29, 0.717) is 0 Å². The Morgan fingerprint density at radius 1 is 1.86 bits per heavy atom. The van der Waals surface area contributed by atoms with Crippen LogP contribution < -0.4 is 0 Å². The quantitative estimate of drug-likeness (QED) is 0.391. The Kier molecular flexibility index (Phi) is 5.39. The van der Waals surface area contributed by atoms with Crippen molar-refractivity contribution >= 4 is 5.97 Å². The topological polar surface area (TPSA) is 26.3 Å². The maximum Gasteiger partial charge on any atom is 0.298 e. The summed E-state index contributed by atoms with van der Waals surface area (Å²) in [6.07, 6.45) is 1.05. The number of hydrogen-bond donors (Lipinski definition) is 0. The van der Waals surface area contributed by atoms with Crippen LogP contribution in [0.5, 0.6) is 0 Å². The first-order chi connectivity index (χ1) is 2.81.